The van der Waals surface area contributed by atoms with Crippen LogP contribution in [0.4, 0.5) is 8.68 Å². The van der Waals surface area contributed by atoms with Crippen LogP contribution in [0.5, 0.6) is 0 Å². The van der Waals surface area contributed by atoms with E-state index >= 15 is 0 Å². The van der Waals surface area contributed by atoms with Crippen molar-refractivity contribution in [3.8, 4) is 0 Å². The molecule has 3 aliphatic rings. The van der Waals surface area contributed by atoms with Crippen LogP contribution in [0, 0.1) is 5.92 Å². The number of carbonyl (C=O) groups is 2. The molecule has 11 heteroatoms. The Morgan fingerprint density at radius 3 is 2.33 bits per heavy atom. The molecular formula is C25H42FN3O6S. The van der Waals surface area contributed by atoms with Crippen LogP contribution in [-0.4, -0.2) is 74.4 Å². The van der Waals surface area contributed by atoms with Crippen LogP contribution in [0.1, 0.15) is 66.2 Å². The molecule has 9 nitrogen and oxygen atoms in total. The van der Waals surface area contributed by atoms with Crippen molar-refractivity contribution in [1.82, 2.24) is 15.4 Å². The van der Waals surface area contributed by atoms with Crippen LogP contribution in [0.15, 0.2) is 11.6 Å². The molecular weight excluding hydrogens is 489 g/mol. The number of hydrogen-bond donors (Lipinski definition) is 3. The van der Waals surface area contributed by atoms with Crippen molar-refractivity contribution in [3.05, 3.63) is 11.6 Å². The van der Waals surface area contributed by atoms with Crippen molar-refractivity contribution in [2.24, 2.45) is 5.92 Å². The quantitative estimate of drug-likeness (QED) is 0.211. The first-order valence-electron chi connectivity index (χ1n) is 12.8. The van der Waals surface area contributed by atoms with Crippen molar-refractivity contribution < 1.29 is 32.4 Å². The van der Waals surface area contributed by atoms with E-state index in [0.717, 1.165) is 32.1 Å². The van der Waals surface area contributed by atoms with Gasteiger partial charge >= 0.3 is 6.09 Å². The van der Waals surface area contributed by atoms with Crippen LogP contribution < -0.4 is 15.4 Å². The highest BCUT2D eigenvalue weighted by molar-refractivity contribution is 7.92. The number of nitrogens with one attached hydrogen (secondary N) is 3. The molecule has 206 valence electrons. The third-order valence-corrected chi connectivity index (χ3v) is 7.81. The number of carbonyl (C=O) groups excluding carboxylic acids is 2. The molecule has 4 unspecified atom stereocenters. The molecule has 0 aromatic carbocycles. The van der Waals surface area contributed by atoms with Crippen molar-refractivity contribution in [3.63, 3.8) is 0 Å². The zero-order valence-electron chi connectivity index (χ0n) is 22.1. The topological polar surface area (TPSA) is 110 Å². The Labute approximate surface area is 218 Å². The fourth-order valence-corrected chi connectivity index (χ4v) is 5.87. The summed E-state index contributed by atoms with van der Waals surface area (Å²) in [5, 5.41) is 5.88. The highest BCUT2D eigenvalue weighted by Gasteiger charge is 2.64. The fraction of sp³-hybridized carbons (Fsp3) is 0.840. The van der Waals surface area contributed by atoms with E-state index in [4.69, 9.17) is 18.9 Å². The predicted octanol–water partition coefficient (Wildman–Crippen LogP) is 3.59. The number of amides is 2. The maximum absolute atomic E-state index is 12.8. The Morgan fingerprint density at radius 2 is 1.78 bits per heavy atom. The van der Waals surface area contributed by atoms with E-state index < -0.39 is 17.8 Å². The summed E-state index contributed by atoms with van der Waals surface area (Å²) in [7, 11) is 1.65. The summed E-state index contributed by atoms with van der Waals surface area (Å²) in [5.41, 5.74) is 0.354. The summed E-state index contributed by atoms with van der Waals surface area (Å²) in [6.45, 7) is 9.27. The Bertz CT molecular complexity index is 782. The summed E-state index contributed by atoms with van der Waals surface area (Å²) in [6.07, 6.45) is 5.23. The first-order chi connectivity index (χ1) is 17.1. The Balaban J connectivity index is 1.52. The molecule has 1 saturated heterocycles. The zero-order chi connectivity index (χ0) is 26.3. The molecule has 1 heterocycles. The standard InChI is InChI=1S/C25H42FN3O6S/c1-16(2)11-13-33-24(3,4)22-21(32-5)19(10-12-25(22)15-34-25)35-23(31)29-18-8-6-17(7-9-18)28-20(30)14-27-36-26/h11,17-19,21-22,27H,6-10,12-15H2,1-5H3,(H,28,30)(H,29,31)/t17-,18-,19?,21?,22?,25?. The maximum Gasteiger partial charge on any atom is 0.407 e. The zero-order valence-corrected chi connectivity index (χ0v) is 22.9. The van der Waals surface area contributed by atoms with E-state index in [1.807, 2.05) is 13.8 Å². The molecule has 3 N–H and O–H groups in total. The smallest absolute Gasteiger partial charge is 0.407 e. The fourth-order valence-electron chi connectivity index (χ4n) is 5.68. The molecule has 2 aliphatic carbocycles. The van der Waals surface area contributed by atoms with Gasteiger partial charge in [-0.1, -0.05) is 11.6 Å². The Kier molecular flexibility index (Phi) is 10.5. The summed E-state index contributed by atoms with van der Waals surface area (Å²) < 4.78 is 38.4. The largest absolute Gasteiger partial charge is 0.443 e. The molecule has 0 bridgehead atoms. The molecule has 36 heavy (non-hydrogen) atoms. The van der Waals surface area contributed by atoms with Gasteiger partial charge in [-0.15, -0.1) is 3.89 Å². The normalized spacial score (nSPS) is 32.0. The first kappa shape index (κ1) is 29.2. The molecule has 0 aromatic heterocycles. The van der Waals surface area contributed by atoms with Crippen LogP contribution in [0.3, 0.4) is 0 Å². The lowest BCUT2D eigenvalue weighted by atomic mass is 9.68. The molecule has 3 fully saturated rings. The van der Waals surface area contributed by atoms with E-state index in [2.05, 4.69) is 35.3 Å². The van der Waals surface area contributed by atoms with Gasteiger partial charge in [-0.2, -0.15) is 0 Å². The molecule has 0 radical (unpaired) electrons. The summed E-state index contributed by atoms with van der Waals surface area (Å²) in [5.74, 6) is -0.324. The van der Waals surface area contributed by atoms with E-state index in [1.54, 1.807) is 7.11 Å². The van der Waals surface area contributed by atoms with Gasteiger partial charge < -0.3 is 29.6 Å². The van der Waals surface area contributed by atoms with E-state index in [9.17, 15) is 13.5 Å². The van der Waals surface area contributed by atoms with Gasteiger partial charge in [-0.25, -0.2) is 9.52 Å². The number of allylic oxidation sites excluding steroid dienone is 1. The van der Waals surface area contributed by atoms with Gasteiger partial charge in [-0.3, -0.25) is 4.79 Å². The first-order valence-corrected chi connectivity index (χ1v) is 13.5. The lowest BCUT2D eigenvalue weighted by molar-refractivity contribution is -0.172. The second-order valence-electron chi connectivity index (χ2n) is 10.9. The summed E-state index contributed by atoms with van der Waals surface area (Å²) in [4.78, 5) is 24.6. The second-order valence-corrected chi connectivity index (χ2v) is 11.3. The van der Waals surface area contributed by atoms with Crippen molar-refractivity contribution in [2.75, 3.05) is 26.9 Å². The molecule has 4 atom stereocenters. The van der Waals surface area contributed by atoms with Gasteiger partial charge in [0.2, 0.25) is 5.91 Å². The summed E-state index contributed by atoms with van der Waals surface area (Å²) in [6, 6.07) is 0.00534. The minimum absolute atomic E-state index is 0.0208. The van der Waals surface area contributed by atoms with Crippen LogP contribution in [0.25, 0.3) is 0 Å². The Hall–Kier alpha value is -1.40. The second kappa shape index (κ2) is 12.9. The van der Waals surface area contributed by atoms with Gasteiger partial charge in [0, 0.05) is 25.1 Å². The van der Waals surface area contributed by atoms with Crippen molar-refractivity contribution in [1.29, 1.82) is 0 Å². The minimum atomic E-state index is -0.539. The van der Waals surface area contributed by atoms with Crippen molar-refractivity contribution in [2.45, 2.75) is 102 Å². The number of rotatable bonds is 11. The third kappa shape index (κ3) is 7.80. The van der Waals surface area contributed by atoms with Crippen LogP contribution in [0.2, 0.25) is 0 Å². The van der Waals surface area contributed by atoms with E-state index in [-0.39, 0.29) is 54.5 Å². The molecule has 2 amide bonds. The molecule has 3 rings (SSSR count). The van der Waals surface area contributed by atoms with Crippen LogP contribution in [-0.2, 0) is 23.7 Å². The lowest BCUT2D eigenvalue weighted by Crippen LogP contribution is -2.59. The van der Waals surface area contributed by atoms with Gasteiger partial charge in [-0.05, 0) is 66.2 Å². The summed E-state index contributed by atoms with van der Waals surface area (Å²) >= 11 is -0.0734. The average molecular weight is 532 g/mol. The van der Waals surface area contributed by atoms with Gasteiger partial charge in [0.25, 0.3) is 0 Å². The minimum Gasteiger partial charge on any atom is -0.443 e. The van der Waals surface area contributed by atoms with Gasteiger partial charge in [0.15, 0.2) is 0 Å². The maximum atomic E-state index is 12.8. The average Bonchev–Trinajstić information content (AvgIpc) is 3.59. The van der Waals surface area contributed by atoms with Crippen LogP contribution >= 0.6 is 12.3 Å². The number of halogens is 1. The molecule has 2 saturated carbocycles. The number of hydrogen-bond acceptors (Lipinski definition) is 8. The van der Waals surface area contributed by atoms with Gasteiger partial charge in [0.05, 0.1) is 31.0 Å². The number of alkyl carbamates (subject to hydrolysis) is 1. The molecule has 1 aliphatic heterocycles. The SMILES string of the molecule is COC1C(OC(=O)N[C@H]2CC[C@H](NC(=O)CNSF)CC2)CCC2(CO2)C1C(C)(C)OCC=C(C)C. The predicted molar refractivity (Wildman–Crippen MR) is 136 cm³/mol. The third-order valence-electron chi connectivity index (χ3n) is 7.56. The van der Waals surface area contributed by atoms with E-state index in [0.29, 0.717) is 19.6 Å². The number of epoxide rings is 1. The highest BCUT2D eigenvalue weighted by atomic mass is 32.2. The van der Waals surface area contributed by atoms with E-state index in [1.165, 1.54) is 5.57 Å². The monoisotopic (exact) mass is 531 g/mol. The van der Waals surface area contributed by atoms with Gasteiger partial charge in [0.1, 0.15) is 24.5 Å². The van der Waals surface area contributed by atoms with Crippen molar-refractivity contribution >= 4 is 24.3 Å². The number of methoxy groups -OCH3 is 1. The highest BCUT2D eigenvalue weighted by Crippen LogP contribution is 2.52. The molecule has 0 aromatic rings. The number of ether oxygens (including phenoxy) is 4. The Morgan fingerprint density at radius 1 is 1.14 bits per heavy atom. The lowest BCUT2D eigenvalue weighted by Gasteiger charge is -2.47. The molecule has 1 spiro atoms.